The van der Waals surface area contributed by atoms with Gasteiger partial charge in [-0.25, -0.2) is 9.78 Å². The Morgan fingerprint density at radius 3 is 1.84 bits per heavy atom. The van der Waals surface area contributed by atoms with Crippen LogP contribution >= 0.6 is 12.6 Å². The molecule has 0 spiro atoms. The third-order valence-electron chi connectivity index (χ3n) is 9.19. The van der Waals surface area contributed by atoms with E-state index in [2.05, 4.69) is 57.3 Å². The number of nitrogens with one attached hydrogen (secondary N) is 3. The molecule has 0 aliphatic heterocycles. The maximum absolute atomic E-state index is 13.7. The molecular weight excluding hydrogens is 719 g/mol. The summed E-state index contributed by atoms with van der Waals surface area (Å²) in [5.74, 6) is -0.115. The molecule has 0 fully saturated rings. The molecule has 3 N–H and O–H groups in total. The summed E-state index contributed by atoms with van der Waals surface area (Å²) in [6.45, 7) is 5.52. The highest BCUT2D eigenvalue weighted by atomic mass is 32.1. The summed E-state index contributed by atoms with van der Waals surface area (Å²) in [6, 6.07) is 47.4. The second kappa shape index (κ2) is 18.5. The third-order valence-corrected chi connectivity index (χ3v) is 9.68. The van der Waals surface area contributed by atoms with Gasteiger partial charge in [-0.1, -0.05) is 127 Å². The average molecular weight is 766 g/mol. The fourth-order valence-corrected chi connectivity index (χ4v) is 6.95. The Hall–Kier alpha value is -6.13. The molecule has 6 aromatic rings. The fourth-order valence-electron chi connectivity index (χ4n) is 6.63. The number of anilines is 1. The molecule has 2 amide bonds. The molecule has 56 heavy (non-hydrogen) atoms. The van der Waals surface area contributed by atoms with Gasteiger partial charge in [-0.2, -0.15) is 12.6 Å². The van der Waals surface area contributed by atoms with Gasteiger partial charge in [0.15, 0.2) is 6.61 Å². The van der Waals surface area contributed by atoms with E-state index in [0.29, 0.717) is 24.3 Å². The van der Waals surface area contributed by atoms with Crippen molar-refractivity contribution in [3.8, 4) is 17.1 Å². The molecule has 2 heterocycles. The van der Waals surface area contributed by atoms with Crippen LogP contribution in [-0.4, -0.2) is 45.6 Å². The van der Waals surface area contributed by atoms with Crippen molar-refractivity contribution in [2.75, 3.05) is 11.9 Å². The van der Waals surface area contributed by atoms with Gasteiger partial charge in [-0.05, 0) is 67.6 Å². The molecule has 0 radical (unpaired) electrons. The minimum Gasteiger partial charge on any atom is -0.466 e. The summed E-state index contributed by atoms with van der Waals surface area (Å²) in [5.41, 5.74) is 4.58. The number of carbonyl (C=O) groups is 2. The summed E-state index contributed by atoms with van der Waals surface area (Å²) in [5, 5.41) is 8.82. The van der Waals surface area contributed by atoms with E-state index in [9.17, 15) is 9.59 Å². The number of nitrogens with zero attached hydrogens (tertiary/aromatic N) is 2. The molecular formula is C46H47N5O4S. The van der Waals surface area contributed by atoms with Crippen molar-refractivity contribution in [3.63, 3.8) is 0 Å². The normalized spacial score (nSPS) is 12.5. The highest BCUT2D eigenvalue weighted by molar-refractivity contribution is 7.81. The second-order valence-electron chi connectivity index (χ2n) is 14.4. The Balaban J connectivity index is 1.37. The lowest BCUT2D eigenvalue weighted by molar-refractivity contribution is -0.123. The van der Waals surface area contributed by atoms with Crippen LogP contribution in [0.3, 0.4) is 0 Å². The van der Waals surface area contributed by atoms with Crippen LogP contribution in [0.5, 0.6) is 5.88 Å². The molecule has 2 unspecified atom stereocenters. The van der Waals surface area contributed by atoms with Gasteiger partial charge in [0.1, 0.15) is 5.60 Å². The molecule has 0 saturated heterocycles. The predicted molar refractivity (Wildman–Crippen MR) is 225 cm³/mol. The Bertz CT molecular complexity index is 2060. The van der Waals surface area contributed by atoms with E-state index < -0.39 is 28.5 Å². The maximum atomic E-state index is 13.7. The zero-order chi connectivity index (χ0) is 39.4. The lowest BCUT2D eigenvalue weighted by Gasteiger charge is -2.40. The Morgan fingerprint density at radius 2 is 1.30 bits per heavy atom. The number of ether oxygens (including phenoxy) is 2. The zero-order valence-electron chi connectivity index (χ0n) is 31.8. The first kappa shape index (κ1) is 39.6. The van der Waals surface area contributed by atoms with Gasteiger partial charge in [-0.3, -0.25) is 9.78 Å². The monoisotopic (exact) mass is 765 g/mol. The van der Waals surface area contributed by atoms with E-state index in [4.69, 9.17) is 27.1 Å². The number of hydrogen-bond donors (Lipinski definition) is 4. The predicted octanol–water partition coefficient (Wildman–Crippen LogP) is 8.82. The minimum absolute atomic E-state index is 0.207. The van der Waals surface area contributed by atoms with E-state index in [-0.39, 0.29) is 18.4 Å². The summed E-state index contributed by atoms with van der Waals surface area (Å²) in [7, 11) is 0. The number of pyridine rings is 2. The average Bonchev–Trinajstić information content (AvgIpc) is 3.22. The van der Waals surface area contributed by atoms with E-state index in [1.165, 1.54) is 0 Å². The van der Waals surface area contributed by atoms with Gasteiger partial charge < -0.3 is 25.4 Å². The molecule has 6 rings (SSSR count). The maximum Gasteiger partial charge on any atom is 0.407 e. The number of rotatable bonds is 15. The van der Waals surface area contributed by atoms with Crippen LogP contribution in [0.4, 0.5) is 10.5 Å². The van der Waals surface area contributed by atoms with Crippen LogP contribution in [0.1, 0.15) is 49.4 Å². The summed E-state index contributed by atoms with van der Waals surface area (Å²) in [6.07, 6.45) is 3.19. The molecule has 0 bridgehead atoms. The smallest absolute Gasteiger partial charge is 0.407 e. The van der Waals surface area contributed by atoms with Gasteiger partial charge in [0.2, 0.25) is 5.88 Å². The Kier molecular flexibility index (Phi) is 13.0. The molecule has 2 aromatic heterocycles. The summed E-state index contributed by atoms with van der Waals surface area (Å²) >= 11 is 5.15. The first-order chi connectivity index (χ1) is 27.1. The number of amides is 2. The van der Waals surface area contributed by atoms with Crippen LogP contribution in [-0.2, 0) is 21.5 Å². The van der Waals surface area contributed by atoms with Crippen molar-refractivity contribution >= 4 is 30.3 Å². The highest BCUT2D eigenvalue weighted by Crippen LogP contribution is 2.44. The molecule has 0 aliphatic rings. The SMILES string of the molecule is CC(C)(C)OC(=O)NC(CC(c1ccccc1)(c1ccccc1)c1ccccc1)C(S)Nc1ccc(-c2ccccc2)nc1OCC(=O)NCc1cccnc1. The molecule has 286 valence electrons. The molecule has 9 nitrogen and oxygen atoms in total. The van der Waals surface area contributed by atoms with Crippen molar-refractivity contribution in [1.29, 1.82) is 0 Å². The van der Waals surface area contributed by atoms with Gasteiger partial charge >= 0.3 is 6.09 Å². The molecule has 0 aliphatic carbocycles. The van der Waals surface area contributed by atoms with E-state index in [0.717, 1.165) is 27.8 Å². The third kappa shape index (κ3) is 10.3. The molecule has 2 atom stereocenters. The molecule has 10 heteroatoms. The van der Waals surface area contributed by atoms with Gasteiger partial charge in [0.05, 0.1) is 22.8 Å². The van der Waals surface area contributed by atoms with Crippen LogP contribution in [0, 0.1) is 0 Å². The van der Waals surface area contributed by atoms with Crippen molar-refractivity contribution in [3.05, 3.63) is 180 Å². The largest absolute Gasteiger partial charge is 0.466 e. The Labute approximate surface area is 334 Å². The molecule has 4 aromatic carbocycles. The van der Waals surface area contributed by atoms with Crippen molar-refractivity contribution in [2.45, 2.75) is 56.2 Å². The van der Waals surface area contributed by atoms with Crippen LogP contribution in [0.2, 0.25) is 0 Å². The van der Waals surface area contributed by atoms with E-state index >= 15 is 0 Å². The summed E-state index contributed by atoms with van der Waals surface area (Å²) < 4.78 is 12.0. The van der Waals surface area contributed by atoms with Crippen molar-refractivity contribution < 1.29 is 19.1 Å². The topological polar surface area (TPSA) is 114 Å². The number of hydrogen-bond acceptors (Lipinski definition) is 8. The van der Waals surface area contributed by atoms with E-state index in [1.807, 2.05) is 130 Å². The number of thiol groups is 1. The highest BCUT2D eigenvalue weighted by Gasteiger charge is 2.41. The molecule has 0 saturated carbocycles. The first-order valence-corrected chi connectivity index (χ1v) is 19.1. The van der Waals surface area contributed by atoms with Gasteiger partial charge in [0.25, 0.3) is 5.91 Å². The number of alkyl carbamates (subject to hydrolysis) is 1. The quantitative estimate of drug-likeness (QED) is 0.0470. The lowest BCUT2D eigenvalue weighted by Crippen LogP contribution is -2.50. The van der Waals surface area contributed by atoms with Crippen molar-refractivity contribution in [2.24, 2.45) is 0 Å². The first-order valence-electron chi connectivity index (χ1n) is 18.6. The van der Waals surface area contributed by atoms with Crippen LogP contribution in [0.15, 0.2) is 158 Å². The van der Waals surface area contributed by atoms with Crippen LogP contribution < -0.4 is 20.7 Å². The number of aromatic nitrogens is 2. The summed E-state index contributed by atoms with van der Waals surface area (Å²) in [4.78, 5) is 35.6. The minimum atomic E-state index is -0.737. The second-order valence-corrected chi connectivity index (χ2v) is 14.9. The van der Waals surface area contributed by atoms with E-state index in [1.54, 1.807) is 12.4 Å². The van der Waals surface area contributed by atoms with Gasteiger partial charge in [0, 0.05) is 29.9 Å². The zero-order valence-corrected chi connectivity index (χ0v) is 32.7. The van der Waals surface area contributed by atoms with Crippen LogP contribution in [0.25, 0.3) is 11.3 Å². The standard InChI is InChI=1S/C46H47N5O4S/c1-45(2,3)55-44(53)51-40(29-46(35-20-10-5-11-21-35,36-22-12-6-13-23-36)37-24-14-7-15-25-37)43(56)50-39-27-26-38(34-18-8-4-9-19-34)49-42(39)54-32-41(52)48-31-33-17-16-28-47-30-33/h4-28,30,40,43,50,56H,29,31-32H2,1-3H3,(H,48,52)(H,51,53). The van der Waals surface area contributed by atoms with Crippen molar-refractivity contribution in [1.82, 2.24) is 20.6 Å². The number of benzene rings is 4. The number of carbonyl (C=O) groups excluding carboxylic acids is 2. The lowest BCUT2D eigenvalue weighted by atomic mass is 9.66. The fraction of sp³-hybridized carbons (Fsp3) is 0.217. The van der Waals surface area contributed by atoms with Gasteiger partial charge in [-0.15, -0.1) is 0 Å². The Morgan fingerprint density at radius 1 is 0.732 bits per heavy atom.